The molecule has 13 nitrogen and oxygen atoms in total. The van der Waals surface area contributed by atoms with Crippen molar-refractivity contribution >= 4 is 58.7 Å². The molecule has 4 rings (SSSR count). The van der Waals surface area contributed by atoms with E-state index in [1.165, 1.54) is 4.90 Å². The summed E-state index contributed by atoms with van der Waals surface area (Å²) in [6.45, 7) is 2.61. The van der Waals surface area contributed by atoms with Crippen LogP contribution in [0.5, 0.6) is 0 Å². The van der Waals surface area contributed by atoms with Crippen LogP contribution in [0.25, 0.3) is 12.2 Å². The molecule has 1 heterocycles. The van der Waals surface area contributed by atoms with E-state index in [2.05, 4.69) is 15.6 Å². The largest absolute Gasteiger partial charge is 0.395 e. The number of carbonyl (C=O) groups excluding carboxylic acids is 3. The fourth-order valence-corrected chi connectivity index (χ4v) is 7.04. The summed E-state index contributed by atoms with van der Waals surface area (Å²) in [6, 6.07) is 15.3. The van der Waals surface area contributed by atoms with Gasteiger partial charge in [-0.25, -0.2) is 4.99 Å². The van der Waals surface area contributed by atoms with Gasteiger partial charge in [-0.1, -0.05) is 62.4 Å². The quantitative estimate of drug-likeness (QED) is 0.0640. The maximum atomic E-state index is 13.9. The zero-order valence-corrected chi connectivity index (χ0v) is 34.4. The Morgan fingerprint density at radius 3 is 2.12 bits per heavy atom. The van der Waals surface area contributed by atoms with Crippen molar-refractivity contribution in [1.29, 1.82) is 0 Å². The minimum absolute atomic E-state index is 0.0391. The maximum Gasteiger partial charge on any atom is 0.278 e. The van der Waals surface area contributed by atoms with Gasteiger partial charge in [-0.2, -0.15) is 0 Å². The first-order valence-electron chi connectivity index (χ1n) is 20.1. The molecule has 0 saturated heterocycles. The van der Waals surface area contributed by atoms with Crippen LogP contribution in [-0.2, 0) is 23.9 Å². The number of alkyl halides is 1. The second kappa shape index (κ2) is 24.5. The Bertz CT molecular complexity index is 1640. The SMILES string of the molecule is CN(C)c1ccc(/C=C2N=C(/C=C/c3ccc(N(CCO)CCO)cc3)N(CC(=O)NC3(C(=O)NCCOCCOCCCCCCCl)CCCCC3)C\2=O)cc1. The van der Waals surface area contributed by atoms with E-state index < -0.39 is 17.4 Å². The van der Waals surface area contributed by atoms with Gasteiger partial charge in [-0.15, -0.1) is 11.6 Å². The van der Waals surface area contributed by atoms with E-state index in [-0.39, 0.29) is 31.4 Å². The normalized spacial score (nSPS) is 15.9. The fourth-order valence-electron chi connectivity index (χ4n) is 6.85. The highest BCUT2D eigenvalue weighted by atomic mass is 35.5. The first kappa shape index (κ1) is 45.4. The molecule has 2 aromatic rings. The predicted molar refractivity (Wildman–Crippen MR) is 228 cm³/mol. The highest BCUT2D eigenvalue weighted by Crippen LogP contribution is 2.29. The summed E-state index contributed by atoms with van der Waals surface area (Å²) in [7, 11) is 3.91. The molecule has 2 aliphatic rings. The molecule has 312 valence electrons. The number of aliphatic hydroxyl groups excluding tert-OH is 2. The van der Waals surface area contributed by atoms with Crippen LogP contribution in [0, 0.1) is 0 Å². The third-order valence-electron chi connectivity index (χ3n) is 10.0. The maximum absolute atomic E-state index is 13.9. The molecule has 4 N–H and O–H groups in total. The van der Waals surface area contributed by atoms with Crippen LogP contribution >= 0.6 is 11.6 Å². The number of hydrogen-bond acceptors (Lipinski definition) is 10. The highest BCUT2D eigenvalue weighted by molar-refractivity contribution is 6.20. The summed E-state index contributed by atoms with van der Waals surface area (Å²) in [5.41, 5.74) is 2.58. The Morgan fingerprint density at radius 2 is 1.47 bits per heavy atom. The summed E-state index contributed by atoms with van der Waals surface area (Å²) < 4.78 is 11.3. The molecular formula is C43H61ClN6O7. The van der Waals surface area contributed by atoms with Gasteiger partial charge in [0.2, 0.25) is 11.8 Å². The molecule has 1 aliphatic carbocycles. The van der Waals surface area contributed by atoms with Crippen molar-refractivity contribution in [2.24, 2.45) is 4.99 Å². The van der Waals surface area contributed by atoms with Crippen LogP contribution in [0.1, 0.15) is 68.9 Å². The number of amidine groups is 1. The molecule has 0 aromatic heterocycles. The number of nitrogens with zero attached hydrogens (tertiary/aromatic N) is 4. The summed E-state index contributed by atoms with van der Waals surface area (Å²) in [5, 5.41) is 24.9. The van der Waals surface area contributed by atoms with Gasteiger partial charge in [-0.3, -0.25) is 19.3 Å². The van der Waals surface area contributed by atoms with Crippen molar-refractivity contribution in [2.45, 2.75) is 63.3 Å². The lowest BCUT2D eigenvalue weighted by molar-refractivity contribution is -0.136. The van der Waals surface area contributed by atoms with Crippen LogP contribution in [0.3, 0.4) is 0 Å². The minimum atomic E-state index is -1.09. The van der Waals surface area contributed by atoms with E-state index in [1.807, 2.05) is 78.5 Å². The van der Waals surface area contributed by atoms with Crippen LogP contribution in [0.2, 0.25) is 0 Å². The Hall–Kier alpha value is -4.27. The zero-order chi connectivity index (χ0) is 40.9. The number of ether oxygens (including phenoxy) is 2. The number of anilines is 2. The van der Waals surface area contributed by atoms with Gasteiger partial charge >= 0.3 is 0 Å². The standard InChI is InChI=1S/C43H61ClN6O7/c1-48(2)36-15-12-35(13-16-36)32-38-41(54)50(39(46-38)19-14-34-10-17-37(18-11-34)49(24-26-51)25-27-52)33-40(53)47-43(20-6-5-7-21-43)42(55)45-23-29-57-31-30-56-28-9-4-3-8-22-44/h10-19,32,51-52H,3-9,20-31,33H2,1-2H3,(H,45,55)(H,47,53)/b19-14+,38-32-. The summed E-state index contributed by atoms with van der Waals surface area (Å²) >= 11 is 5.72. The van der Waals surface area contributed by atoms with Crippen LogP contribution in [0.15, 0.2) is 65.3 Å². The Labute approximate surface area is 342 Å². The third kappa shape index (κ3) is 14.6. The smallest absolute Gasteiger partial charge is 0.278 e. The van der Waals surface area contributed by atoms with Crippen LogP contribution < -0.4 is 20.4 Å². The number of aliphatic imine (C=N–C) groups is 1. The zero-order valence-electron chi connectivity index (χ0n) is 33.6. The molecule has 14 heteroatoms. The van der Waals surface area contributed by atoms with Crippen molar-refractivity contribution in [3.63, 3.8) is 0 Å². The van der Waals surface area contributed by atoms with Crippen molar-refractivity contribution < 1.29 is 34.1 Å². The third-order valence-corrected chi connectivity index (χ3v) is 10.3. The van der Waals surface area contributed by atoms with E-state index >= 15 is 0 Å². The number of unbranched alkanes of at least 4 members (excludes halogenated alkanes) is 3. The monoisotopic (exact) mass is 808 g/mol. The number of halogens is 1. The van der Waals surface area contributed by atoms with Gasteiger partial charge in [0.1, 0.15) is 23.6 Å². The second-order valence-electron chi connectivity index (χ2n) is 14.5. The van der Waals surface area contributed by atoms with Crippen molar-refractivity contribution in [2.75, 3.05) is 95.6 Å². The van der Waals surface area contributed by atoms with E-state index in [1.54, 1.807) is 12.2 Å². The second-order valence-corrected chi connectivity index (χ2v) is 14.9. The number of benzene rings is 2. The molecule has 0 atom stereocenters. The van der Waals surface area contributed by atoms with E-state index in [9.17, 15) is 24.6 Å². The van der Waals surface area contributed by atoms with Crippen LogP contribution in [0.4, 0.5) is 11.4 Å². The molecule has 3 amide bonds. The number of aliphatic hydroxyl groups is 2. The molecule has 0 radical (unpaired) electrons. The number of carbonyl (C=O) groups is 3. The minimum Gasteiger partial charge on any atom is -0.395 e. The average molecular weight is 809 g/mol. The predicted octanol–water partition coefficient (Wildman–Crippen LogP) is 4.61. The summed E-state index contributed by atoms with van der Waals surface area (Å²) in [5.74, 6) is -0.137. The molecule has 0 spiro atoms. The number of nitrogens with one attached hydrogen (secondary N) is 2. The molecule has 57 heavy (non-hydrogen) atoms. The van der Waals surface area contributed by atoms with Gasteiger partial charge in [0.05, 0.1) is 33.0 Å². The van der Waals surface area contributed by atoms with Crippen molar-refractivity contribution in [3.8, 4) is 0 Å². The number of amides is 3. The van der Waals surface area contributed by atoms with E-state index in [0.29, 0.717) is 70.6 Å². The lowest BCUT2D eigenvalue weighted by Gasteiger charge is -2.37. The van der Waals surface area contributed by atoms with Crippen molar-refractivity contribution in [1.82, 2.24) is 15.5 Å². The fraction of sp³-hybridized carbons (Fsp3) is 0.535. The molecule has 1 saturated carbocycles. The molecule has 1 aliphatic heterocycles. The molecule has 0 bridgehead atoms. The van der Waals surface area contributed by atoms with E-state index in [0.717, 1.165) is 67.4 Å². The average Bonchev–Trinajstić information content (AvgIpc) is 3.50. The van der Waals surface area contributed by atoms with Crippen LogP contribution in [-0.4, -0.2) is 130 Å². The summed E-state index contributed by atoms with van der Waals surface area (Å²) in [4.78, 5) is 51.3. The lowest BCUT2D eigenvalue weighted by Crippen LogP contribution is -2.61. The van der Waals surface area contributed by atoms with Gasteiger partial charge in [0, 0.05) is 57.6 Å². The van der Waals surface area contributed by atoms with E-state index in [4.69, 9.17) is 21.1 Å². The van der Waals surface area contributed by atoms with Gasteiger partial charge < -0.3 is 40.1 Å². The molecule has 2 aromatic carbocycles. The Morgan fingerprint density at radius 1 is 0.842 bits per heavy atom. The first-order valence-corrected chi connectivity index (χ1v) is 20.7. The van der Waals surface area contributed by atoms with Gasteiger partial charge in [-0.05, 0) is 73.2 Å². The lowest BCUT2D eigenvalue weighted by atomic mass is 9.80. The topological polar surface area (TPSA) is 156 Å². The Kier molecular flexibility index (Phi) is 19.5. The molecule has 0 unspecified atom stereocenters. The molecule has 1 fully saturated rings. The van der Waals surface area contributed by atoms with Gasteiger partial charge in [0.15, 0.2) is 0 Å². The first-order chi connectivity index (χ1) is 27.7. The highest BCUT2D eigenvalue weighted by Gasteiger charge is 2.41. The van der Waals surface area contributed by atoms with Gasteiger partial charge in [0.25, 0.3) is 5.91 Å². The molecular weight excluding hydrogens is 748 g/mol. The number of hydrogen-bond donors (Lipinski definition) is 4. The number of rotatable bonds is 25. The van der Waals surface area contributed by atoms with Crippen molar-refractivity contribution in [3.05, 3.63) is 71.4 Å². The Balaban J connectivity index is 1.42. The summed E-state index contributed by atoms with van der Waals surface area (Å²) in [6.07, 6.45) is 13.0.